The molecule has 0 saturated carbocycles. The van der Waals surface area contributed by atoms with Crippen LogP contribution in [0.15, 0.2) is 12.7 Å². The molecule has 0 heterocycles. The Kier molecular flexibility index (Phi) is 7.03. The summed E-state index contributed by atoms with van der Waals surface area (Å²) in [6.45, 7) is 8.94. The van der Waals surface area contributed by atoms with Crippen molar-refractivity contribution in [2.45, 2.75) is 45.8 Å². The summed E-state index contributed by atoms with van der Waals surface area (Å²) in [5.41, 5.74) is -0.266. The normalized spacial score (nSPS) is 15.1. The van der Waals surface area contributed by atoms with Crippen LogP contribution in [-0.2, 0) is 14.4 Å². The smallest absolute Gasteiger partial charge is 0.330 e. The highest BCUT2D eigenvalue weighted by atomic mass is 17.1. The Morgan fingerprint density at radius 3 is 2.53 bits per heavy atom. The minimum atomic E-state index is -0.873. The summed E-state index contributed by atoms with van der Waals surface area (Å²) in [5.74, 6) is -0.583. The second-order valence-corrected chi connectivity index (χ2v) is 4.66. The fraction of sp³-hybridized carbons (Fsp3) is 0.750. The molecule has 0 amide bonds. The summed E-state index contributed by atoms with van der Waals surface area (Å²) >= 11 is 0. The molecule has 100 valence electrons. The fourth-order valence-electron chi connectivity index (χ4n) is 1.28. The van der Waals surface area contributed by atoms with Crippen molar-refractivity contribution in [2.24, 2.45) is 5.41 Å². The van der Waals surface area contributed by atoms with Crippen molar-refractivity contribution in [1.29, 1.82) is 0 Å². The van der Waals surface area contributed by atoms with Crippen LogP contribution in [0.25, 0.3) is 0 Å². The van der Waals surface area contributed by atoms with Crippen LogP contribution < -0.4 is 0 Å². The Morgan fingerprint density at radius 1 is 1.53 bits per heavy atom. The van der Waals surface area contributed by atoms with Crippen LogP contribution in [0.1, 0.15) is 33.6 Å². The van der Waals surface area contributed by atoms with Crippen LogP contribution in [-0.4, -0.2) is 35.1 Å². The summed E-state index contributed by atoms with van der Waals surface area (Å²) in [6.07, 6.45) is 0.633. The highest BCUT2D eigenvalue weighted by molar-refractivity contribution is 5.81. The standard InChI is InChI=1S/C12H22O5/c1-5-11(14)16-8-9(13)7-10(17-15)12(3,4)6-2/h5,9-10,13,15H,1,6-8H2,2-4H3. The van der Waals surface area contributed by atoms with Gasteiger partial charge in [-0.1, -0.05) is 27.4 Å². The number of aliphatic hydroxyl groups is 1. The maximum Gasteiger partial charge on any atom is 0.330 e. The molecule has 0 rings (SSSR count). The molecule has 0 bridgehead atoms. The first-order valence-corrected chi connectivity index (χ1v) is 5.64. The number of aliphatic hydroxyl groups excluding tert-OH is 1. The summed E-state index contributed by atoms with van der Waals surface area (Å²) in [6, 6.07) is 0. The molecule has 0 spiro atoms. The van der Waals surface area contributed by atoms with E-state index < -0.39 is 18.2 Å². The molecule has 17 heavy (non-hydrogen) atoms. The molecule has 0 aromatic carbocycles. The van der Waals surface area contributed by atoms with Gasteiger partial charge in [-0.05, 0) is 11.8 Å². The summed E-state index contributed by atoms with van der Waals surface area (Å²) in [5, 5.41) is 18.5. The molecule has 0 aliphatic heterocycles. The summed E-state index contributed by atoms with van der Waals surface area (Å²) in [7, 11) is 0. The molecule has 5 nitrogen and oxygen atoms in total. The first-order valence-electron chi connectivity index (χ1n) is 5.64. The lowest BCUT2D eigenvalue weighted by Crippen LogP contribution is -2.35. The third-order valence-corrected chi connectivity index (χ3v) is 2.98. The van der Waals surface area contributed by atoms with E-state index >= 15 is 0 Å². The van der Waals surface area contributed by atoms with Crippen LogP contribution in [0.4, 0.5) is 0 Å². The number of ether oxygens (including phenoxy) is 1. The van der Waals surface area contributed by atoms with Gasteiger partial charge in [-0.2, -0.15) is 0 Å². The second kappa shape index (κ2) is 7.42. The molecule has 2 N–H and O–H groups in total. The van der Waals surface area contributed by atoms with Gasteiger partial charge in [0.15, 0.2) is 0 Å². The van der Waals surface area contributed by atoms with Crippen molar-refractivity contribution in [1.82, 2.24) is 0 Å². The van der Waals surface area contributed by atoms with E-state index in [0.717, 1.165) is 12.5 Å². The Morgan fingerprint density at radius 2 is 2.12 bits per heavy atom. The molecule has 0 aromatic heterocycles. The zero-order valence-electron chi connectivity index (χ0n) is 10.7. The van der Waals surface area contributed by atoms with Gasteiger partial charge in [-0.3, -0.25) is 5.26 Å². The van der Waals surface area contributed by atoms with Gasteiger partial charge in [0, 0.05) is 12.5 Å². The topological polar surface area (TPSA) is 76.0 Å². The third kappa shape index (κ3) is 5.81. The van der Waals surface area contributed by atoms with Crippen LogP contribution in [0.3, 0.4) is 0 Å². The van der Waals surface area contributed by atoms with Crippen LogP contribution in [0, 0.1) is 5.41 Å². The van der Waals surface area contributed by atoms with E-state index in [1.54, 1.807) is 0 Å². The number of carbonyl (C=O) groups excluding carboxylic acids is 1. The zero-order chi connectivity index (χ0) is 13.5. The summed E-state index contributed by atoms with van der Waals surface area (Å²) in [4.78, 5) is 15.2. The molecule has 0 saturated heterocycles. The number of carbonyl (C=O) groups is 1. The van der Waals surface area contributed by atoms with Gasteiger partial charge in [0.1, 0.15) is 12.7 Å². The van der Waals surface area contributed by atoms with Gasteiger partial charge < -0.3 is 9.84 Å². The van der Waals surface area contributed by atoms with Gasteiger partial charge in [0.05, 0.1) is 6.10 Å². The molecule has 0 aliphatic carbocycles. The van der Waals surface area contributed by atoms with Crippen molar-refractivity contribution in [3.05, 3.63) is 12.7 Å². The largest absolute Gasteiger partial charge is 0.460 e. The van der Waals surface area contributed by atoms with Gasteiger partial charge in [0.25, 0.3) is 0 Å². The molecule has 5 heteroatoms. The Hall–Kier alpha value is -0.910. The molecule has 0 fully saturated rings. The molecular weight excluding hydrogens is 224 g/mol. The van der Waals surface area contributed by atoms with Crippen molar-refractivity contribution in [3.8, 4) is 0 Å². The van der Waals surface area contributed by atoms with Crippen LogP contribution >= 0.6 is 0 Å². The van der Waals surface area contributed by atoms with Crippen LogP contribution in [0.2, 0.25) is 0 Å². The van der Waals surface area contributed by atoms with E-state index in [9.17, 15) is 9.90 Å². The summed E-state index contributed by atoms with van der Waals surface area (Å²) < 4.78 is 4.70. The lowest BCUT2D eigenvalue weighted by molar-refractivity contribution is -0.306. The van der Waals surface area contributed by atoms with E-state index in [4.69, 9.17) is 9.99 Å². The lowest BCUT2D eigenvalue weighted by atomic mass is 9.81. The van der Waals surface area contributed by atoms with E-state index in [2.05, 4.69) is 11.5 Å². The first-order chi connectivity index (χ1) is 7.87. The number of esters is 1. The first kappa shape index (κ1) is 16.1. The number of hydrogen-bond acceptors (Lipinski definition) is 5. The molecule has 2 atom stereocenters. The lowest BCUT2D eigenvalue weighted by Gasteiger charge is -2.31. The second-order valence-electron chi connectivity index (χ2n) is 4.66. The van der Waals surface area contributed by atoms with Crippen molar-refractivity contribution >= 4 is 5.97 Å². The van der Waals surface area contributed by atoms with E-state index in [1.807, 2.05) is 20.8 Å². The van der Waals surface area contributed by atoms with Gasteiger partial charge in [-0.15, -0.1) is 0 Å². The Labute approximate surface area is 102 Å². The molecule has 0 radical (unpaired) electrons. The monoisotopic (exact) mass is 246 g/mol. The predicted octanol–water partition coefficient (Wildman–Crippen LogP) is 1.76. The van der Waals surface area contributed by atoms with Crippen molar-refractivity contribution in [3.63, 3.8) is 0 Å². The van der Waals surface area contributed by atoms with Crippen molar-refractivity contribution in [2.75, 3.05) is 6.61 Å². The minimum absolute atomic E-state index is 0.134. The highest BCUT2D eigenvalue weighted by Gasteiger charge is 2.31. The predicted molar refractivity (Wildman–Crippen MR) is 63.4 cm³/mol. The van der Waals surface area contributed by atoms with E-state index in [1.165, 1.54) is 0 Å². The van der Waals surface area contributed by atoms with E-state index in [0.29, 0.717) is 0 Å². The minimum Gasteiger partial charge on any atom is -0.460 e. The number of hydrogen-bond donors (Lipinski definition) is 2. The Bertz CT molecular complexity index is 249. The quantitative estimate of drug-likeness (QED) is 0.295. The van der Waals surface area contributed by atoms with Crippen LogP contribution in [0.5, 0.6) is 0 Å². The average Bonchev–Trinajstić information content (AvgIpc) is 2.32. The van der Waals surface area contributed by atoms with E-state index in [-0.39, 0.29) is 18.4 Å². The van der Waals surface area contributed by atoms with Gasteiger partial charge in [0.2, 0.25) is 0 Å². The maximum atomic E-state index is 10.8. The number of rotatable bonds is 8. The average molecular weight is 246 g/mol. The van der Waals surface area contributed by atoms with Crippen molar-refractivity contribution < 1.29 is 24.8 Å². The van der Waals surface area contributed by atoms with Gasteiger partial charge in [-0.25, -0.2) is 9.68 Å². The molecular formula is C12H22O5. The zero-order valence-corrected chi connectivity index (χ0v) is 10.7. The molecule has 0 aliphatic rings. The Balaban J connectivity index is 4.19. The molecule has 0 aromatic rings. The maximum absolute atomic E-state index is 10.8. The van der Waals surface area contributed by atoms with Gasteiger partial charge >= 0.3 is 5.97 Å². The SMILES string of the molecule is C=CC(=O)OCC(O)CC(OO)C(C)(C)CC. The molecule has 2 unspecified atom stereocenters. The third-order valence-electron chi connectivity index (χ3n) is 2.98. The highest BCUT2D eigenvalue weighted by Crippen LogP contribution is 2.29. The fourth-order valence-corrected chi connectivity index (χ4v) is 1.28.